The molecule has 1 aromatic carbocycles. The Bertz CT molecular complexity index is 532. The third kappa shape index (κ3) is 2.76. The predicted octanol–water partition coefficient (Wildman–Crippen LogP) is 1.32. The molecule has 1 saturated heterocycles. The Morgan fingerprint density at radius 2 is 2.29 bits per heavy atom. The maximum Gasteiger partial charge on any atom is 0.251 e. The number of carbonyl (C=O) groups is 1. The summed E-state index contributed by atoms with van der Waals surface area (Å²) in [5.41, 5.74) is 6.70. The number of hydrogen-bond donors (Lipinski definition) is 2. The molecule has 3 N–H and O–H groups in total. The smallest absolute Gasteiger partial charge is 0.251 e. The van der Waals surface area contributed by atoms with Crippen molar-refractivity contribution in [2.45, 2.75) is 44.6 Å². The lowest BCUT2D eigenvalue weighted by atomic mass is 9.72. The van der Waals surface area contributed by atoms with Crippen molar-refractivity contribution in [3.05, 3.63) is 29.8 Å². The Balaban J connectivity index is 1.65. The van der Waals surface area contributed by atoms with E-state index in [0.717, 1.165) is 13.0 Å². The molecule has 4 atom stereocenters. The van der Waals surface area contributed by atoms with Crippen molar-refractivity contribution < 1.29 is 14.3 Å². The summed E-state index contributed by atoms with van der Waals surface area (Å²) < 4.78 is 11.2. The van der Waals surface area contributed by atoms with Gasteiger partial charge in [-0.3, -0.25) is 4.79 Å². The molecule has 1 aliphatic carbocycles. The van der Waals surface area contributed by atoms with Crippen molar-refractivity contribution >= 4 is 5.91 Å². The summed E-state index contributed by atoms with van der Waals surface area (Å²) in [5.74, 6) is 0.968. The Morgan fingerprint density at radius 3 is 3.05 bits per heavy atom. The van der Waals surface area contributed by atoms with E-state index >= 15 is 0 Å². The first-order valence-electron chi connectivity index (χ1n) is 7.51. The fraction of sp³-hybridized carbons (Fsp3) is 0.562. The van der Waals surface area contributed by atoms with E-state index in [1.54, 1.807) is 12.1 Å². The molecule has 114 valence electrons. The number of ether oxygens (including phenoxy) is 2. The zero-order chi connectivity index (χ0) is 15.0. The minimum Gasteiger partial charge on any atom is -0.491 e. The third-order valence-electron chi connectivity index (χ3n) is 4.21. The molecule has 1 aromatic rings. The highest BCUT2D eigenvalue weighted by Gasteiger charge is 2.52. The van der Waals surface area contributed by atoms with Crippen LogP contribution < -0.4 is 15.8 Å². The summed E-state index contributed by atoms with van der Waals surface area (Å²) >= 11 is 0. The van der Waals surface area contributed by atoms with Gasteiger partial charge >= 0.3 is 0 Å². The molecule has 0 aromatic heterocycles. The Labute approximate surface area is 124 Å². The van der Waals surface area contributed by atoms with E-state index in [4.69, 9.17) is 15.2 Å². The van der Waals surface area contributed by atoms with Crippen LogP contribution in [-0.4, -0.2) is 36.8 Å². The number of nitrogens with one attached hydrogen (secondary N) is 1. The van der Waals surface area contributed by atoms with Crippen molar-refractivity contribution in [3.63, 3.8) is 0 Å². The van der Waals surface area contributed by atoms with Gasteiger partial charge in [0.05, 0.1) is 18.2 Å². The average molecular weight is 290 g/mol. The number of fused-ring (bicyclic) bond motifs is 1. The van der Waals surface area contributed by atoms with E-state index in [-0.39, 0.29) is 30.2 Å². The molecule has 1 amide bonds. The lowest BCUT2D eigenvalue weighted by molar-refractivity contribution is -0.0161. The van der Waals surface area contributed by atoms with Gasteiger partial charge in [-0.1, -0.05) is 6.07 Å². The number of hydrogen-bond acceptors (Lipinski definition) is 4. The second-order valence-corrected chi connectivity index (χ2v) is 6.06. The largest absolute Gasteiger partial charge is 0.491 e. The standard InChI is InChI=1S/C16H22N2O3/c1-9(2)21-11-5-3-4-10(8-11)16(19)18-14-13(17)12-6-7-20-15(12)14/h3-5,8-9,12-15H,6-7,17H2,1-2H3,(H,18,19). The topological polar surface area (TPSA) is 73.6 Å². The summed E-state index contributed by atoms with van der Waals surface area (Å²) in [6, 6.07) is 7.12. The highest BCUT2D eigenvalue weighted by atomic mass is 16.5. The van der Waals surface area contributed by atoms with Crippen LogP contribution in [0.2, 0.25) is 0 Å². The van der Waals surface area contributed by atoms with Crippen LogP contribution in [-0.2, 0) is 4.74 Å². The van der Waals surface area contributed by atoms with Crippen molar-refractivity contribution in [1.29, 1.82) is 0 Å². The van der Waals surface area contributed by atoms with E-state index in [0.29, 0.717) is 17.2 Å². The van der Waals surface area contributed by atoms with Gasteiger partial charge in [-0.05, 0) is 38.5 Å². The number of carbonyl (C=O) groups excluding carboxylic acids is 1. The van der Waals surface area contributed by atoms with Gasteiger partial charge < -0.3 is 20.5 Å². The summed E-state index contributed by atoms with van der Waals surface area (Å²) in [5, 5.41) is 2.99. The molecule has 21 heavy (non-hydrogen) atoms. The molecular weight excluding hydrogens is 268 g/mol. The molecule has 4 unspecified atom stereocenters. The van der Waals surface area contributed by atoms with Gasteiger partial charge in [-0.15, -0.1) is 0 Å². The zero-order valence-corrected chi connectivity index (χ0v) is 12.4. The van der Waals surface area contributed by atoms with Crippen LogP contribution in [0.5, 0.6) is 5.75 Å². The van der Waals surface area contributed by atoms with Crippen LogP contribution in [0.25, 0.3) is 0 Å². The van der Waals surface area contributed by atoms with E-state index < -0.39 is 0 Å². The van der Waals surface area contributed by atoms with Crippen LogP contribution in [0.15, 0.2) is 24.3 Å². The molecule has 2 aliphatic rings. The molecule has 0 bridgehead atoms. The lowest BCUT2D eigenvalue weighted by Crippen LogP contribution is -2.68. The lowest BCUT2D eigenvalue weighted by Gasteiger charge is -2.45. The minimum atomic E-state index is -0.126. The van der Waals surface area contributed by atoms with Gasteiger partial charge in [0.15, 0.2) is 0 Å². The third-order valence-corrected chi connectivity index (χ3v) is 4.21. The van der Waals surface area contributed by atoms with Gasteiger partial charge in [0.2, 0.25) is 0 Å². The average Bonchev–Trinajstić information content (AvgIpc) is 2.88. The Hall–Kier alpha value is -1.59. The molecule has 1 heterocycles. The molecule has 2 fully saturated rings. The van der Waals surface area contributed by atoms with Crippen LogP contribution >= 0.6 is 0 Å². The van der Waals surface area contributed by atoms with Gasteiger partial charge in [0.1, 0.15) is 5.75 Å². The van der Waals surface area contributed by atoms with Crippen LogP contribution in [0.3, 0.4) is 0 Å². The quantitative estimate of drug-likeness (QED) is 0.877. The normalized spacial score (nSPS) is 30.7. The van der Waals surface area contributed by atoms with Crippen molar-refractivity contribution in [2.75, 3.05) is 6.61 Å². The van der Waals surface area contributed by atoms with Crippen molar-refractivity contribution in [1.82, 2.24) is 5.32 Å². The maximum atomic E-state index is 12.3. The Kier molecular flexibility index (Phi) is 3.87. The van der Waals surface area contributed by atoms with Gasteiger partial charge in [0.25, 0.3) is 5.91 Å². The van der Waals surface area contributed by atoms with E-state index in [2.05, 4.69) is 5.32 Å². The van der Waals surface area contributed by atoms with Gasteiger partial charge in [0, 0.05) is 24.1 Å². The van der Waals surface area contributed by atoms with E-state index in [1.165, 1.54) is 0 Å². The second-order valence-electron chi connectivity index (χ2n) is 6.06. The van der Waals surface area contributed by atoms with Crippen LogP contribution in [0.1, 0.15) is 30.6 Å². The fourth-order valence-electron chi connectivity index (χ4n) is 3.15. The summed E-state index contributed by atoms with van der Waals surface area (Å²) in [4.78, 5) is 12.3. The zero-order valence-electron chi connectivity index (χ0n) is 12.4. The molecule has 0 radical (unpaired) electrons. The number of amides is 1. The molecule has 5 nitrogen and oxygen atoms in total. The summed E-state index contributed by atoms with van der Waals surface area (Å²) in [6.07, 6.45) is 1.16. The molecule has 1 saturated carbocycles. The molecule has 0 spiro atoms. The Morgan fingerprint density at radius 1 is 1.48 bits per heavy atom. The highest BCUT2D eigenvalue weighted by Crippen LogP contribution is 2.37. The summed E-state index contributed by atoms with van der Waals surface area (Å²) in [7, 11) is 0. The summed E-state index contributed by atoms with van der Waals surface area (Å²) in [6.45, 7) is 4.66. The maximum absolute atomic E-state index is 12.3. The first-order valence-corrected chi connectivity index (χ1v) is 7.51. The van der Waals surface area contributed by atoms with E-state index in [1.807, 2.05) is 26.0 Å². The SMILES string of the molecule is CC(C)Oc1cccc(C(=O)NC2C(N)C3CCOC32)c1. The second kappa shape index (κ2) is 5.66. The van der Waals surface area contributed by atoms with Crippen LogP contribution in [0, 0.1) is 5.92 Å². The van der Waals surface area contributed by atoms with Crippen LogP contribution in [0.4, 0.5) is 0 Å². The number of rotatable bonds is 4. The van der Waals surface area contributed by atoms with Gasteiger partial charge in [-0.25, -0.2) is 0 Å². The van der Waals surface area contributed by atoms with Gasteiger partial charge in [-0.2, -0.15) is 0 Å². The first-order chi connectivity index (χ1) is 10.1. The molecular formula is C16H22N2O3. The fourth-order valence-corrected chi connectivity index (χ4v) is 3.15. The monoisotopic (exact) mass is 290 g/mol. The number of nitrogens with two attached hydrogens (primary N) is 1. The minimum absolute atomic E-state index is 0.00320. The van der Waals surface area contributed by atoms with Crippen molar-refractivity contribution in [2.24, 2.45) is 11.7 Å². The number of benzene rings is 1. The van der Waals surface area contributed by atoms with E-state index in [9.17, 15) is 4.79 Å². The molecule has 1 aliphatic heterocycles. The van der Waals surface area contributed by atoms with Crippen molar-refractivity contribution in [3.8, 4) is 5.75 Å². The molecule has 5 heteroatoms. The predicted molar refractivity (Wildman–Crippen MR) is 79.3 cm³/mol. The molecule has 3 rings (SSSR count). The first kappa shape index (κ1) is 14.4. The highest BCUT2D eigenvalue weighted by molar-refractivity contribution is 5.95.